The number of methoxy groups -OCH3 is 1. The molecule has 1 aromatic rings. The molecule has 17 heavy (non-hydrogen) atoms. The van der Waals surface area contributed by atoms with Gasteiger partial charge in [0.1, 0.15) is 4.88 Å². The largest absolute Gasteiger partial charge is 0.465 e. The topological polar surface area (TPSA) is 29.5 Å². The van der Waals surface area contributed by atoms with E-state index in [4.69, 9.17) is 16.3 Å². The van der Waals surface area contributed by atoms with Gasteiger partial charge in [-0.15, -0.1) is 11.3 Å². The van der Waals surface area contributed by atoms with Crippen LogP contribution in [0.15, 0.2) is 5.38 Å². The van der Waals surface area contributed by atoms with Gasteiger partial charge >= 0.3 is 5.97 Å². The summed E-state index contributed by atoms with van der Waals surface area (Å²) in [4.78, 5) is 14.3. The molecule has 0 bridgehead atoms. The summed E-state index contributed by atoms with van der Waals surface area (Å²) in [5.41, 5.74) is 1.03. The number of ether oxygens (including phenoxy) is 1. The number of carbonyl (C=O) groups excluding carboxylic acids is 1. The molecular formula is C11H14ClNO2S2. The summed E-state index contributed by atoms with van der Waals surface area (Å²) in [6.07, 6.45) is 0. The molecule has 1 fully saturated rings. The smallest absolute Gasteiger partial charge is 0.349 e. The average Bonchev–Trinajstić information content (AvgIpc) is 2.72. The predicted octanol–water partition coefficient (Wildman–Crippen LogP) is 2.74. The van der Waals surface area contributed by atoms with Gasteiger partial charge < -0.3 is 4.74 Å². The van der Waals surface area contributed by atoms with E-state index in [1.54, 1.807) is 0 Å². The summed E-state index contributed by atoms with van der Waals surface area (Å²) in [7, 11) is 1.37. The van der Waals surface area contributed by atoms with Crippen LogP contribution in [-0.2, 0) is 11.3 Å². The second-order valence-corrected chi connectivity index (χ2v) is 6.27. The molecule has 1 saturated heterocycles. The highest BCUT2D eigenvalue weighted by atomic mass is 35.5. The lowest BCUT2D eigenvalue weighted by Gasteiger charge is -2.25. The molecule has 2 rings (SSSR count). The van der Waals surface area contributed by atoms with Gasteiger partial charge in [-0.1, -0.05) is 11.6 Å². The van der Waals surface area contributed by atoms with Gasteiger partial charge in [-0.3, -0.25) is 4.90 Å². The molecule has 2 heterocycles. The third-order valence-electron chi connectivity index (χ3n) is 2.67. The first-order valence-electron chi connectivity index (χ1n) is 5.36. The molecule has 94 valence electrons. The highest BCUT2D eigenvalue weighted by Crippen LogP contribution is 2.30. The predicted molar refractivity (Wildman–Crippen MR) is 73.3 cm³/mol. The lowest BCUT2D eigenvalue weighted by Crippen LogP contribution is -2.31. The van der Waals surface area contributed by atoms with Gasteiger partial charge in [-0.2, -0.15) is 11.8 Å². The molecule has 0 aromatic carbocycles. The van der Waals surface area contributed by atoms with Crippen LogP contribution in [0.5, 0.6) is 0 Å². The highest BCUT2D eigenvalue weighted by Gasteiger charge is 2.19. The molecule has 1 aliphatic rings. The van der Waals surface area contributed by atoms with Gasteiger partial charge in [-0.25, -0.2) is 4.79 Å². The fourth-order valence-electron chi connectivity index (χ4n) is 1.72. The maximum absolute atomic E-state index is 11.4. The molecule has 0 aliphatic carbocycles. The van der Waals surface area contributed by atoms with Crippen molar-refractivity contribution in [3.63, 3.8) is 0 Å². The molecule has 0 amide bonds. The zero-order chi connectivity index (χ0) is 12.3. The summed E-state index contributed by atoms with van der Waals surface area (Å²) in [6, 6.07) is 0. The number of halogens is 1. The number of hydrogen-bond donors (Lipinski definition) is 0. The Balaban J connectivity index is 2.06. The number of thiophene rings is 1. The fraction of sp³-hybridized carbons (Fsp3) is 0.545. The minimum atomic E-state index is -0.347. The number of nitrogens with zero attached hydrogens (tertiary/aromatic N) is 1. The van der Waals surface area contributed by atoms with Crippen LogP contribution in [0.4, 0.5) is 0 Å². The van der Waals surface area contributed by atoms with Crippen molar-refractivity contribution < 1.29 is 9.53 Å². The standard InChI is InChI=1S/C11H14ClNO2S2/c1-15-11(14)10-9(12)8(7-17-10)6-13-2-4-16-5-3-13/h7H,2-6H2,1H3. The van der Waals surface area contributed by atoms with E-state index in [-0.39, 0.29) is 5.97 Å². The van der Waals surface area contributed by atoms with Gasteiger partial charge in [0.2, 0.25) is 0 Å². The maximum Gasteiger partial charge on any atom is 0.349 e. The van der Waals surface area contributed by atoms with Gasteiger partial charge in [0.15, 0.2) is 0 Å². The van der Waals surface area contributed by atoms with E-state index in [1.165, 1.54) is 30.0 Å². The normalized spacial score (nSPS) is 17.1. The Morgan fingerprint density at radius 2 is 2.24 bits per heavy atom. The Labute approximate surface area is 114 Å². The first-order chi connectivity index (χ1) is 8.22. The minimum Gasteiger partial charge on any atom is -0.465 e. The quantitative estimate of drug-likeness (QED) is 0.801. The Morgan fingerprint density at radius 3 is 2.88 bits per heavy atom. The summed E-state index contributed by atoms with van der Waals surface area (Å²) in [6.45, 7) is 3.00. The van der Waals surface area contributed by atoms with Crippen LogP contribution in [0.3, 0.4) is 0 Å². The molecular weight excluding hydrogens is 278 g/mol. The molecule has 1 aromatic heterocycles. The second kappa shape index (κ2) is 6.09. The maximum atomic E-state index is 11.4. The van der Waals surface area contributed by atoms with E-state index in [1.807, 2.05) is 17.1 Å². The minimum absolute atomic E-state index is 0.347. The van der Waals surface area contributed by atoms with E-state index >= 15 is 0 Å². The summed E-state index contributed by atoms with van der Waals surface area (Å²) in [5.74, 6) is 2.00. The molecule has 3 nitrogen and oxygen atoms in total. The first-order valence-corrected chi connectivity index (χ1v) is 7.78. The van der Waals surface area contributed by atoms with Crippen molar-refractivity contribution >= 4 is 40.7 Å². The number of rotatable bonds is 3. The van der Waals surface area contributed by atoms with E-state index in [0.717, 1.165) is 25.2 Å². The molecule has 0 atom stereocenters. The van der Waals surface area contributed by atoms with Crippen LogP contribution >= 0.6 is 34.7 Å². The molecule has 0 radical (unpaired) electrons. The second-order valence-electron chi connectivity index (χ2n) is 3.78. The molecule has 0 spiro atoms. The van der Waals surface area contributed by atoms with Crippen LogP contribution in [0.25, 0.3) is 0 Å². The van der Waals surface area contributed by atoms with Crippen molar-refractivity contribution in [2.24, 2.45) is 0 Å². The first kappa shape index (κ1) is 13.2. The third-order valence-corrected chi connectivity index (χ3v) is 5.16. The van der Waals surface area contributed by atoms with Crippen LogP contribution in [0.2, 0.25) is 5.02 Å². The number of carbonyl (C=O) groups is 1. The summed E-state index contributed by atoms with van der Waals surface area (Å²) >= 11 is 9.53. The van der Waals surface area contributed by atoms with Crippen molar-refractivity contribution in [2.45, 2.75) is 6.54 Å². The van der Waals surface area contributed by atoms with E-state index in [2.05, 4.69) is 4.90 Å². The van der Waals surface area contributed by atoms with E-state index in [0.29, 0.717) is 9.90 Å². The molecule has 6 heteroatoms. The van der Waals surface area contributed by atoms with Crippen LogP contribution in [0, 0.1) is 0 Å². The van der Waals surface area contributed by atoms with Crippen molar-refractivity contribution in [1.82, 2.24) is 4.90 Å². The zero-order valence-electron chi connectivity index (χ0n) is 9.57. The number of hydrogen-bond acceptors (Lipinski definition) is 5. The molecule has 0 unspecified atom stereocenters. The van der Waals surface area contributed by atoms with Crippen LogP contribution < -0.4 is 0 Å². The van der Waals surface area contributed by atoms with Crippen molar-refractivity contribution in [1.29, 1.82) is 0 Å². The lowest BCUT2D eigenvalue weighted by molar-refractivity contribution is 0.0606. The Kier molecular flexibility index (Phi) is 4.73. The van der Waals surface area contributed by atoms with Gasteiger partial charge in [0.05, 0.1) is 12.1 Å². The van der Waals surface area contributed by atoms with Gasteiger partial charge in [-0.05, 0) is 10.9 Å². The monoisotopic (exact) mass is 291 g/mol. The molecule has 1 aliphatic heterocycles. The van der Waals surface area contributed by atoms with Crippen LogP contribution in [-0.4, -0.2) is 42.6 Å². The Hall–Kier alpha value is -0.230. The van der Waals surface area contributed by atoms with E-state index in [9.17, 15) is 4.79 Å². The van der Waals surface area contributed by atoms with Gasteiger partial charge in [0.25, 0.3) is 0 Å². The molecule has 0 saturated carbocycles. The van der Waals surface area contributed by atoms with Crippen molar-refractivity contribution in [3.05, 3.63) is 20.8 Å². The zero-order valence-corrected chi connectivity index (χ0v) is 12.0. The molecule has 0 N–H and O–H groups in total. The van der Waals surface area contributed by atoms with Crippen LogP contribution in [0.1, 0.15) is 15.2 Å². The number of thioether (sulfide) groups is 1. The SMILES string of the molecule is COC(=O)c1scc(CN2CCSCC2)c1Cl. The highest BCUT2D eigenvalue weighted by molar-refractivity contribution is 7.99. The Morgan fingerprint density at radius 1 is 1.53 bits per heavy atom. The average molecular weight is 292 g/mol. The fourth-order valence-corrected chi connectivity index (χ4v) is 3.95. The summed E-state index contributed by atoms with van der Waals surface area (Å²) < 4.78 is 4.69. The van der Waals surface area contributed by atoms with Crippen molar-refractivity contribution in [2.75, 3.05) is 31.7 Å². The number of esters is 1. The van der Waals surface area contributed by atoms with Crippen molar-refractivity contribution in [3.8, 4) is 0 Å². The summed E-state index contributed by atoms with van der Waals surface area (Å²) in [5, 5.41) is 2.51. The van der Waals surface area contributed by atoms with E-state index < -0.39 is 0 Å². The van der Waals surface area contributed by atoms with Gasteiger partial charge in [0, 0.05) is 31.1 Å². The third kappa shape index (κ3) is 3.16. The lowest BCUT2D eigenvalue weighted by atomic mass is 10.2. The Bertz CT molecular complexity index is 402.